The molecule has 4 atom stereocenters. The summed E-state index contributed by atoms with van der Waals surface area (Å²) in [6, 6.07) is 5.98. The van der Waals surface area contributed by atoms with Crippen molar-refractivity contribution in [2.75, 3.05) is 7.11 Å². The van der Waals surface area contributed by atoms with Gasteiger partial charge >= 0.3 is 5.97 Å². The Morgan fingerprint density at radius 2 is 1.38 bits per heavy atom. The molecule has 0 aliphatic rings. The molecule has 206 valence electrons. The second-order valence-corrected chi connectivity index (χ2v) is 9.95. The summed E-state index contributed by atoms with van der Waals surface area (Å²) in [7, 11) is 1.22. The molecule has 0 aliphatic carbocycles. The van der Waals surface area contributed by atoms with Crippen LogP contribution in [0.1, 0.15) is 59.9 Å². The van der Waals surface area contributed by atoms with Crippen LogP contribution in [0.25, 0.3) is 0 Å². The van der Waals surface area contributed by atoms with E-state index in [1.807, 2.05) is 44.2 Å². The molecule has 0 aliphatic heterocycles. The zero-order valence-corrected chi connectivity index (χ0v) is 22.9. The SMILES string of the molecule is COC(=O)[C@H](C)NC(=O)[C@H](CC(C)C)NC(=O)[C@@H](NC(=O)[C@H](C)NC(=O)CCc1ccccc1)C(C)C. The van der Waals surface area contributed by atoms with Gasteiger partial charge in [-0.15, -0.1) is 0 Å². The van der Waals surface area contributed by atoms with Crippen molar-refractivity contribution in [2.45, 2.75) is 85.0 Å². The lowest BCUT2D eigenvalue weighted by atomic mass is 9.99. The van der Waals surface area contributed by atoms with Gasteiger partial charge in [-0.2, -0.15) is 0 Å². The Bertz CT molecular complexity index is 919. The average molecular weight is 519 g/mol. The molecule has 0 saturated heterocycles. The number of hydrogen-bond donors (Lipinski definition) is 4. The third-order valence-electron chi connectivity index (χ3n) is 5.75. The standard InChI is InChI=1S/C27H42N4O6/c1-16(2)15-21(25(34)29-19(6)27(36)37-7)30-26(35)23(17(3)4)31-24(33)18(5)28-22(32)14-13-20-11-9-8-10-12-20/h8-12,16-19,21,23H,13-15H2,1-7H3,(H,28,32)(H,29,34)(H,30,35)(H,31,33)/t18-,19-,21-,23-/m0/s1. The van der Waals surface area contributed by atoms with Crippen LogP contribution in [0.15, 0.2) is 30.3 Å². The van der Waals surface area contributed by atoms with Crippen LogP contribution in [-0.2, 0) is 35.1 Å². The van der Waals surface area contributed by atoms with Crippen LogP contribution >= 0.6 is 0 Å². The van der Waals surface area contributed by atoms with Crippen LogP contribution in [0.2, 0.25) is 0 Å². The van der Waals surface area contributed by atoms with E-state index in [9.17, 15) is 24.0 Å². The van der Waals surface area contributed by atoms with Crippen molar-refractivity contribution < 1.29 is 28.7 Å². The fourth-order valence-electron chi connectivity index (χ4n) is 3.61. The molecule has 4 amide bonds. The quantitative estimate of drug-likeness (QED) is 0.275. The average Bonchev–Trinajstić information content (AvgIpc) is 2.84. The first-order valence-corrected chi connectivity index (χ1v) is 12.7. The Labute approximate surface area is 219 Å². The topological polar surface area (TPSA) is 143 Å². The number of rotatable bonds is 14. The lowest BCUT2D eigenvalue weighted by molar-refractivity contribution is -0.145. The fourth-order valence-corrected chi connectivity index (χ4v) is 3.61. The molecule has 0 heterocycles. The molecule has 0 saturated carbocycles. The summed E-state index contributed by atoms with van der Waals surface area (Å²) in [6.07, 6.45) is 1.11. The van der Waals surface area contributed by atoms with Gasteiger partial charge in [-0.3, -0.25) is 19.2 Å². The molecule has 1 aromatic rings. The van der Waals surface area contributed by atoms with Gasteiger partial charge in [0.1, 0.15) is 24.2 Å². The molecular formula is C27H42N4O6. The molecule has 0 unspecified atom stereocenters. The Morgan fingerprint density at radius 1 is 0.757 bits per heavy atom. The van der Waals surface area contributed by atoms with E-state index in [-0.39, 0.29) is 24.2 Å². The molecule has 0 fully saturated rings. The van der Waals surface area contributed by atoms with Crippen molar-refractivity contribution >= 4 is 29.6 Å². The van der Waals surface area contributed by atoms with Crippen molar-refractivity contribution in [3.63, 3.8) is 0 Å². The molecule has 10 nitrogen and oxygen atoms in total. The monoisotopic (exact) mass is 518 g/mol. The van der Waals surface area contributed by atoms with Crippen molar-refractivity contribution in [1.29, 1.82) is 0 Å². The second kappa shape index (κ2) is 15.6. The van der Waals surface area contributed by atoms with E-state index < -0.39 is 47.9 Å². The van der Waals surface area contributed by atoms with Crippen LogP contribution in [0.5, 0.6) is 0 Å². The summed E-state index contributed by atoms with van der Waals surface area (Å²) in [4.78, 5) is 62.7. The number of nitrogens with one attached hydrogen (secondary N) is 4. The number of hydrogen-bond acceptors (Lipinski definition) is 6. The molecule has 10 heteroatoms. The van der Waals surface area contributed by atoms with Gasteiger partial charge in [-0.25, -0.2) is 4.79 Å². The van der Waals surface area contributed by atoms with Gasteiger partial charge in [0.15, 0.2) is 0 Å². The highest BCUT2D eigenvalue weighted by atomic mass is 16.5. The van der Waals surface area contributed by atoms with Gasteiger partial charge in [0.05, 0.1) is 7.11 Å². The van der Waals surface area contributed by atoms with E-state index in [4.69, 9.17) is 0 Å². The molecule has 4 N–H and O–H groups in total. The Balaban J connectivity index is 2.77. The minimum atomic E-state index is -0.934. The summed E-state index contributed by atoms with van der Waals surface area (Å²) in [5, 5.41) is 10.6. The van der Waals surface area contributed by atoms with E-state index in [0.29, 0.717) is 12.8 Å². The van der Waals surface area contributed by atoms with Crippen LogP contribution in [0.3, 0.4) is 0 Å². The molecule has 0 radical (unpaired) electrons. The highest BCUT2D eigenvalue weighted by Crippen LogP contribution is 2.09. The van der Waals surface area contributed by atoms with Gasteiger partial charge < -0.3 is 26.0 Å². The smallest absolute Gasteiger partial charge is 0.328 e. The number of esters is 1. The van der Waals surface area contributed by atoms with Gasteiger partial charge in [0, 0.05) is 6.42 Å². The third-order valence-corrected chi connectivity index (χ3v) is 5.75. The first-order valence-electron chi connectivity index (χ1n) is 12.7. The normalized spacial score (nSPS) is 14.2. The maximum absolute atomic E-state index is 13.1. The number of carbonyl (C=O) groups excluding carboxylic acids is 5. The zero-order chi connectivity index (χ0) is 28.1. The predicted octanol–water partition coefficient (Wildman–Crippen LogP) is 1.47. The first kappa shape index (κ1) is 31.6. The zero-order valence-electron chi connectivity index (χ0n) is 22.9. The molecule has 0 aromatic heterocycles. The van der Waals surface area contributed by atoms with Crippen molar-refractivity contribution in [1.82, 2.24) is 21.3 Å². The Morgan fingerprint density at radius 3 is 1.92 bits per heavy atom. The van der Waals surface area contributed by atoms with Crippen LogP contribution in [0.4, 0.5) is 0 Å². The maximum Gasteiger partial charge on any atom is 0.328 e. The Hall–Kier alpha value is -3.43. The summed E-state index contributed by atoms with van der Waals surface area (Å²) >= 11 is 0. The highest BCUT2D eigenvalue weighted by molar-refractivity contribution is 5.95. The third kappa shape index (κ3) is 11.4. The van der Waals surface area contributed by atoms with Crippen molar-refractivity contribution in [2.24, 2.45) is 11.8 Å². The van der Waals surface area contributed by atoms with Crippen LogP contribution in [-0.4, -0.2) is 60.9 Å². The van der Waals surface area contributed by atoms with Gasteiger partial charge in [0.25, 0.3) is 0 Å². The van der Waals surface area contributed by atoms with Crippen LogP contribution < -0.4 is 21.3 Å². The van der Waals surface area contributed by atoms with Gasteiger partial charge in [0.2, 0.25) is 23.6 Å². The van der Waals surface area contributed by atoms with Gasteiger partial charge in [-0.05, 0) is 44.1 Å². The van der Waals surface area contributed by atoms with Crippen LogP contribution in [0, 0.1) is 11.8 Å². The number of amides is 4. The minimum absolute atomic E-state index is 0.0719. The lowest BCUT2D eigenvalue weighted by Gasteiger charge is -2.27. The van der Waals surface area contributed by atoms with E-state index in [2.05, 4.69) is 26.0 Å². The highest BCUT2D eigenvalue weighted by Gasteiger charge is 2.31. The first-order chi connectivity index (χ1) is 17.3. The number of aryl methyl sites for hydroxylation is 1. The van der Waals surface area contributed by atoms with Crippen molar-refractivity contribution in [3.8, 4) is 0 Å². The lowest BCUT2D eigenvalue weighted by Crippen LogP contribution is -2.58. The summed E-state index contributed by atoms with van der Waals surface area (Å²) in [5.41, 5.74) is 1.02. The predicted molar refractivity (Wildman–Crippen MR) is 140 cm³/mol. The molecular weight excluding hydrogens is 476 g/mol. The molecule has 0 spiro atoms. The maximum atomic E-state index is 13.1. The minimum Gasteiger partial charge on any atom is -0.467 e. The largest absolute Gasteiger partial charge is 0.467 e. The van der Waals surface area contributed by atoms with E-state index >= 15 is 0 Å². The molecule has 1 aromatic carbocycles. The second-order valence-electron chi connectivity index (χ2n) is 9.95. The van der Waals surface area contributed by atoms with Crippen molar-refractivity contribution in [3.05, 3.63) is 35.9 Å². The number of benzene rings is 1. The molecule has 0 bridgehead atoms. The summed E-state index contributed by atoms with van der Waals surface area (Å²) in [5.74, 6) is -2.65. The number of carbonyl (C=O) groups is 5. The summed E-state index contributed by atoms with van der Waals surface area (Å²) in [6.45, 7) is 10.4. The van der Waals surface area contributed by atoms with Gasteiger partial charge in [-0.1, -0.05) is 58.0 Å². The molecule has 37 heavy (non-hydrogen) atoms. The number of methoxy groups -OCH3 is 1. The van der Waals surface area contributed by atoms with E-state index in [0.717, 1.165) is 5.56 Å². The fraction of sp³-hybridized carbons (Fsp3) is 0.593. The number of ether oxygens (including phenoxy) is 1. The summed E-state index contributed by atoms with van der Waals surface area (Å²) < 4.78 is 4.64. The molecule has 1 rings (SSSR count). The van der Waals surface area contributed by atoms with E-state index in [1.165, 1.54) is 14.0 Å². The Kier molecular flexibility index (Phi) is 13.4. The van der Waals surface area contributed by atoms with E-state index in [1.54, 1.807) is 20.8 Å².